The van der Waals surface area contributed by atoms with Crippen molar-refractivity contribution >= 4 is 22.1 Å². The van der Waals surface area contributed by atoms with Crippen LogP contribution in [0.2, 0.25) is 0 Å². The second-order valence-corrected chi connectivity index (χ2v) is 19.7. The number of unbranched alkanes of at least 4 members (excludes halogenated alkanes) is 24. The number of allylic oxidation sites excluding steroid dienone is 8. The lowest BCUT2D eigenvalue weighted by atomic mass is 10.00. The van der Waals surface area contributed by atoms with E-state index in [4.69, 9.17) is 18.9 Å². The van der Waals surface area contributed by atoms with Gasteiger partial charge in [-0.05, 0) is 70.6 Å². The number of hydrogen-bond donors (Lipinski definition) is 4. The van der Waals surface area contributed by atoms with Crippen LogP contribution in [0.25, 0.3) is 0 Å². The van der Waals surface area contributed by atoms with Gasteiger partial charge in [0.05, 0.1) is 6.61 Å². The van der Waals surface area contributed by atoms with Crippen LogP contribution in [0.4, 0.5) is 0 Å². The predicted octanol–water partition coefficient (Wildman–Crippen LogP) is 11.9. The first-order valence-electron chi connectivity index (χ1n) is 26.2. The Balaban J connectivity index is 2.39. The Kier molecular flexibility index (Phi) is 39.9. The van der Waals surface area contributed by atoms with Crippen molar-refractivity contribution < 1.29 is 56.8 Å². The third kappa shape index (κ3) is 36.6. The van der Waals surface area contributed by atoms with Gasteiger partial charge in [0.25, 0.3) is 10.1 Å². The van der Waals surface area contributed by atoms with E-state index in [0.717, 1.165) is 38.5 Å². The molecule has 384 valence electrons. The highest BCUT2D eigenvalue weighted by Crippen LogP contribution is 2.24. The highest BCUT2D eigenvalue weighted by atomic mass is 32.2. The lowest BCUT2D eigenvalue weighted by molar-refractivity contribution is -0.297. The van der Waals surface area contributed by atoms with Crippen LogP contribution < -0.4 is 0 Å². The molecule has 4 N–H and O–H groups in total. The number of carbonyl (C=O) groups excluding carboxylic acids is 2. The summed E-state index contributed by atoms with van der Waals surface area (Å²) < 4.78 is 54.2. The number of rotatable bonds is 44. The van der Waals surface area contributed by atoms with Crippen LogP contribution in [-0.2, 0) is 38.7 Å². The largest absolute Gasteiger partial charge is 0.462 e. The third-order valence-corrected chi connectivity index (χ3v) is 12.6. The number of aliphatic hydroxyl groups is 3. The molecule has 0 aromatic heterocycles. The Bertz CT molecular complexity index is 1400. The Morgan fingerprint density at radius 3 is 1.41 bits per heavy atom. The summed E-state index contributed by atoms with van der Waals surface area (Å²) in [7, 11) is -4.61. The van der Waals surface area contributed by atoms with Crippen molar-refractivity contribution in [2.45, 2.75) is 256 Å². The van der Waals surface area contributed by atoms with E-state index in [1.807, 2.05) is 6.08 Å². The average Bonchev–Trinajstić information content (AvgIpc) is 3.28. The first kappa shape index (κ1) is 61.6. The molecule has 0 spiro atoms. The van der Waals surface area contributed by atoms with Crippen LogP contribution in [-0.4, -0.2) is 96.0 Å². The van der Waals surface area contributed by atoms with E-state index in [-0.39, 0.29) is 19.4 Å². The molecule has 0 bridgehead atoms. The van der Waals surface area contributed by atoms with Crippen molar-refractivity contribution in [1.29, 1.82) is 0 Å². The second kappa shape index (κ2) is 42.7. The van der Waals surface area contributed by atoms with Crippen molar-refractivity contribution in [2.75, 3.05) is 19.0 Å². The van der Waals surface area contributed by atoms with Gasteiger partial charge in [0, 0.05) is 12.8 Å². The average molecular weight is 955 g/mol. The van der Waals surface area contributed by atoms with E-state index >= 15 is 0 Å². The van der Waals surface area contributed by atoms with Crippen molar-refractivity contribution in [3.8, 4) is 0 Å². The fraction of sp³-hybridized carbons (Fsp3) is 0.811. The summed E-state index contributed by atoms with van der Waals surface area (Å²) in [6.45, 7) is 3.73. The SMILES string of the molecule is CCCCCCCC/C=C/C/C=C/C/C=C/CCCC(=O)O[C@H](COC(=O)CCCCCCCCCCCCC/C=C/CCCCCCCC)CO[C@H]1O[C@H](CS(=O)(=O)O)[C@@H](O)C(O)C1O. The zero-order chi connectivity index (χ0) is 48.4. The second-order valence-electron chi connectivity index (χ2n) is 18.2. The van der Waals surface area contributed by atoms with Crippen LogP contribution in [0.3, 0.4) is 0 Å². The van der Waals surface area contributed by atoms with Crippen LogP contribution in [0.15, 0.2) is 48.6 Å². The molecule has 13 heteroatoms. The van der Waals surface area contributed by atoms with Gasteiger partial charge in [-0.3, -0.25) is 14.1 Å². The minimum Gasteiger partial charge on any atom is -0.462 e. The summed E-state index contributed by atoms with van der Waals surface area (Å²) in [6, 6.07) is 0. The lowest BCUT2D eigenvalue weighted by Crippen LogP contribution is -2.60. The molecule has 0 aliphatic carbocycles. The Hall–Kier alpha value is -2.39. The van der Waals surface area contributed by atoms with Gasteiger partial charge in [0.2, 0.25) is 0 Å². The molecule has 2 unspecified atom stereocenters. The molecule has 0 aromatic rings. The summed E-state index contributed by atoms with van der Waals surface area (Å²) in [5, 5.41) is 31.0. The number of carbonyl (C=O) groups is 2. The minimum atomic E-state index is -4.61. The van der Waals surface area contributed by atoms with E-state index in [0.29, 0.717) is 19.3 Å². The predicted molar refractivity (Wildman–Crippen MR) is 266 cm³/mol. The highest BCUT2D eigenvalue weighted by molar-refractivity contribution is 7.85. The van der Waals surface area contributed by atoms with E-state index in [9.17, 15) is 37.9 Å². The Morgan fingerprint density at radius 1 is 0.515 bits per heavy atom. The van der Waals surface area contributed by atoms with Crippen molar-refractivity contribution in [3.63, 3.8) is 0 Å². The van der Waals surface area contributed by atoms with Gasteiger partial charge >= 0.3 is 11.9 Å². The van der Waals surface area contributed by atoms with Gasteiger partial charge in [-0.1, -0.05) is 184 Å². The molecule has 66 heavy (non-hydrogen) atoms. The molecule has 12 nitrogen and oxygen atoms in total. The molecular formula is C53H94O12S. The monoisotopic (exact) mass is 955 g/mol. The van der Waals surface area contributed by atoms with E-state index in [2.05, 4.69) is 56.4 Å². The number of esters is 2. The molecule has 0 aromatic carbocycles. The van der Waals surface area contributed by atoms with Crippen LogP contribution in [0.5, 0.6) is 0 Å². The molecule has 0 saturated carbocycles. The van der Waals surface area contributed by atoms with Crippen molar-refractivity contribution in [3.05, 3.63) is 48.6 Å². The zero-order valence-electron chi connectivity index (χ0n) is 41.3. The summed E-state index contributed by atoms with van der Waals surface area (Å²) in [6.07, 6.45) is 43.0. The quantitative estimate of drug-likeness (QED) is 0.0196. The van der Waals surface area contributed by atoms with Gasteiger partial charge in [0.15, 0.2) is 12.4 Å². The minimum absolute atomic E-state index is 0.0924. The lowest BCUT2D eigenvalue weighted by Gasteiger charge is -2.40. The molecular weight excluding hydrogens is 861 g/mol. The first-order valence-corrected chi connectivity index (χ1v) is 27.8. The Labute approximate surface area is 401 Å². The molecule has 1 fully saturated rings. The summed E-state index contributed by atoms with van der Waals surface area (Å²) in [5.41, 5.74) is 0. The maximum atomic E-state index is 12.8. The van der Waals surface area contributed by atoms with Crippen molar-refractivity contribution in [1.82, 2.24) is 0 Å². The van der Waals surface area contributed by atoms with E-state index < -0.39 is 71.2 Å². The highest BCUT2D eigenvalue weighted by Gasteiger charge is 2.46. The molecule has 6 atom stereocenters. The molecule has 1 aliphatic heterocycles. The number of aliphatic hydroxyl groups excluding tert-OH is 3. The van der Waals surface area contributed by atoms with Crippen LogP contribution in [0, 0.1) is 0 Å². The molecule has 1 aliphatic rings. The maximum absolute atomic E-state index is 12.8. The van der Waals surface area contributed by atoms with Crippen molar-refractivity contribution in [2.24, 2.45) is 0 Å². The Morgan fingerprint density at radius 2 is 0.924 bits per heavy atom. The molecule has 1 heterocycles. The summed E-state index contributed by atoms with van der Waals surface area (Å²) in [4.78, 5) is 25.5. The molecule has 0 radical (unpaired) electrons. The molecule has 0 amide bonds. The third-order valence-electron chi connectivity index (χ3n) is 11.9. The summed E-state index contributed by atoms with van der Waals surface area (Å²) in [5.74, 6) is -2.05. The van der Waals surface area contributed by atoms with Gasteiger partial charge in [-0.25, -0.2) is 0 Å². The molecule has 1 rings (SSSR count). The first-order chi connectivity index (χ1) is 32.0. The molecule has 1 saturated heterocycles. The van der Waals surface area contributed by atoms with Crippen LogP contribution >= 0.6 is 0 Å². The topological polar surface area (TPSA) is 186 Å². The fourth-order valence-electron chi connectivity index (χ4n) is 7.81. The van der Waals surface area contributed by atoms with E-state index in [1.165, 1.54) is 135 Å². The van der Waals surface area contributed by atoms with Gasteiger partial charge < -0.3 is 34.3 Å². The fourth-order valence-corrected chi connectivity index (χ4v) is 8.50. The maximum Gasteiger partial charge on any atom is 0.306 e. The normalized spacial score (nSPS) is 19.8. The zero-order valence-corrected chi connectivity index (χ0v) is 42.1. The number of ether oxygens (including phenoxy) is 4. The summed E-state index contributed by atoms with van der Waals surface area (Å²) >= 11 is 0. The van der Waals surface area contributed by atoms with Gasteiger partial charge in [-0.15, -0.1) is 0 Å². The van der Waals surface area contributed by atoms with E-state index in [1.54, 1.807) is 0 Å². The number of hydrogen-bond acceptors (Lipinski definition) is 11. The standard InChI is InChI=1S/C53H94O12S/c1-3-5-7-9-11-13-15-17-19-21-22-23-24-26-27-29-31-33-35-37-39-41-48(54)62-43-46(44-63-53-52(58)51(57)50(56)47(65-53)45-66(59,60)61)64-49(55)42-40-38-36-34-32-30-28-25-20-18-16-14-12-10-8-6-4-2/h17-20,28,30,34,36,46-47,50-53,56-58H,3-16,21-27,29,31-33,35,37-45H2,1-2H3,(H,59,60,61)/b19-17+,20-18+,30-28+,36-34+/t46-,47-,50-,51?,52?,53+/m1/s1. The van der Waals surface area contributed by atoms with Crippen LogP contribution in [0.1, 0.15) is 219 Å². The van der Waals surface area contributed by atoms with Gasteiger partial charge in [-0.2, -0.15) is 8.42 Å². The van der Waals surface area contributed by atoms with Gasteiger partial charge in [0.1, 0.15) is 36.8 Å². The smallest absolute Gasteiger partial charge is 0.306 e.